The second-order valence-corrected chi connectivity index (χ2v) is 10.9. The molecular formula is C19H18BrN3O3S2. The van der Waals surface area contributed by atoms with Gasteiger partial charge in [-0.25, -0.2) is 12.7 Å². The van der Waals surface area contributed by atoms with Crippen molar-refractivity contribution >= 4 is 59.0 Å². The first kappa shape index (κ1) is 19.5. The predicted molar refractivity (Wildman–Crippen MR) is 115 cm³/mol. The summed E-state index contributed by atoms with van der Waals surface area (Å²) in [6.45, 7) is 0.610. The van der Waals surface area contributed by atoms with Crippen LogP contribution in [0, 0.1) is 0 Å². The summed E-state index contributed by atoms with van der Waals surface area (Å²) in [5.74, 6) is -0.0720. The minimum atomic E-state index is -3.50. The zero-order valence-electron chi connectivity index (χ0n) is 15.3. The van der Waals surface area contributed by atoms with E-state index in [-0.39, 0.29) is 10.8 Å². The lowest BCUT2D eigenvalue weighted by molar-refractivity contribution is 0.0989. The largest absolute Gasteiger partial charge is 0.307 e. The number of amides is 1. The fraction of sp³-hybridized carbons (Fsp3) is 0.263. The van der Waals surface area contributed by atoms with Gasteiger partial charge in [0.2, 0.25) is 10.0 Å². The number of anilines is 1. The lowest BCUT2D eigenvalue weighted by atomic mass is 10.0. The van der Waals surface area contributed by atoms with E-state index >= 15 is 0 Å². The summed E-state index contributed by atoms with van der Waals surface area (Å²) in [4.78, 5) is 20.0. The molecule has 0 N–H and O–H groups in total. The first-order valence-electron chi connectivity index (χ1n) is 8.69. The molecule has 0 saturated heterocycles. The number of carbonyl (C=O) groups excluding carboxylic acids is 1. The van der Waals surface area contributed by atoms with Crippen LogP contribution in [0.15, 0.2) is 46.0 Å². The number of thiophene rings is 1. The Balaban J connectivity index is 1.72. The van der Waals surface area contributed by atoms with Crippen LogP contribution in [0.4, 0.5) is 5.69 Å². The molecule has 1 aliphatic rings. The number of pyridine rings is 1. The SMILES string of the molecule is CN(C)S(=O)(=O)c1ccc2c(c1)CCCN2C(=O)c1cc2c(Br)cncc2s1. The summed E-state index contributed by atoms with van der Waals surface area (Å²) in [5.41, 5.74) is 1.66. The Kier molecular flexibility index (Phi) is 5.03. The van der Waals surface area contributed by atoms with Gasteiger partial charge in [-0.2, -0.15) is 0 Å². The summed E-state index contributed by atoms with van der Waals surface area (Å²) in [7, 11) is -0.477. The molecule has 146 valence electrons. The second-order valence-electron chi connectivity index (χ2n) is 6.78. The second kappa shape index (κ2) is 7.22. The molecule has 1 amide bonds. The van der Waals surface area contributed by atoms with Crippen LogP contribution in [0.3, 0.4) is 0 Å². The molecule has 6 nitrogen and oxygen atoms in total. The molecule has 2 aromatic heterocycles. The highest BCUT2D eigenvalue weighted by Gasteiger charge is 2.27. The number of carbonyl (C=O) groups is 1. The summed E-state index contributed by atoms with van der Waals surface area (Å²) in [6.07, 6.45) is 5.01. The topological polar surface area (TPSA) is 70.6 Å². The molecule has 0 atom stereocenters. The summed E-state index contributed by atoms with van der Waals surface area (Å²) in [6, 6.07) is 6.89. The number of fused-ring (bicyclic) bond motifs is 2. The van der Waals surface area contributed by atoms with E-state index in [4.69, 9.17) is 0 Å². The van der Waals surface area contributed by atoms with E-state index in [1.807, 2.05) is 6.07 Å². The van der Waals surface area contributed by atoms with Crippen molar-refractivity contribution in [3.8, 4) is 0 Å². The molecular weight excluding hydrogens is 462 g/mol. The Morgan fingerprint density at radius 3 is 2.75 bits per heavy atom. The maximum Gasteiger partial charge on any atom is 0.268 e. The number of rotatable bonds is 3. The van der Waals surface area contributed by atoms with Crippen molar-refractivity contribution < 1.29 is 13.2 Å². The van der Waals surface area contributed by atoms with Gasteiger partial charge < -0.3 is 4.90 Å². The summed E-state index contributed by atoms with van der Waals surface area (Å²) >= 11 is 4.89. The Morgan fingerprint density at radius 2 is 2.04 bits per heavy atom. The van der Waals surface area contributed by atoms with Gasteiger partial charge in [-0.05, 0) is 58.6 Å². The fourth-order valence-electron chi connectivity index (χ4n) is 3.32. The van der Waals surface area contributed by atoms with E-state index in [0.29, 0.717) is 11.4 Å². The average molecular weight is 480 g/mol. The van der Waals surface area contributed by atoms with Gasteiger partial charge in [0.1, 0.15) is 0 Å². The molecule has 0 unspecified atom stereocenters. The highest BCUT2D eigenvalue weighted by molar-refractivity contribution is 9.10. The quantitative estimate of drug-likeness (QED) is 0.570. The number of hydrogen-bond acceptors (Lipinski definition) is 5. The number of halogens is 1. The smallest absolute Gasteiger partial charge is 0.268 e. The van der Waals surface area contributed by atoms with Gasteiger partial charge in [0.05, 0.1) is 14.5 Å². The minimum absolute atomic E-state index is 0.0720. The highest BCUT2D eigenvalue weighted by atomic mass is 79.9. The number of benzene rings is 1. The van der Waals surface area contributed by atoms with Crippen LogP contribution in [0.1, 0.15) is 21.7 Å². The number of aryl methyl sites for hydroxylation is 1. The van der Waals surface area contributed by atoms with Crippen molar-refractivity contribution in [1.82, 2.24) is 9.29 Å². The Morgan fingerprint density at radius 1 is 1.25 bits per heavy atom. The van der Waals surface area contributed by atoms with Crippen molar-refractivity contribution in [2.45, 2.75) is 17.7 Å². The lowest BCUT2D eigenvalue weighted by Gasteiger charge is -2.29. The maximum absolute atomic E-state index is 13.2. The molecule has 0 fully saturated rings. The Bertz CT molecular complexity index is 1190. The van der Waals surface area contributed by atoms with E-state index in [0.717, 1.165) is 38.7 Å². The third-order valence-corrected chi connectivity index (χ3v) is 8.30. The zero-order chi connectivity index (χ0) is 20.1. The molecule has 0 radical (unpaired) electrons. The van der Waals surface area contributed by atoms with Gasteiger partial charge in [-0.1, -0.05) is 0 Å². The molecule has 3 aromatic rings. The van der Waals surface area contributed by atoms with Crippen LogP contribution in [0.2, 0.25) is 0 Å². The van der Waals surface area contributed by atoms with Gasteiger partial charge in [0, 0.05) is 48.6 Å². The van der Waals surface area contributed by atoms with Crippen LogP contribution in [0.25, 0.3) is 10.1 Å². The molecule has 0 spiro atoms. The highest BCUT2D eigenvalue weighted by Crippen LogP contribution is 2.35. The third kappa shape index (κ3) is 3.26. The summed E-state index contributed by atoms with van der Waals surface area (Å²) < 4.78 is 27.8. The van der Waals surface area contributed by atoms with E-state index in [9.17, 15) is 13.2 Å². The average Bonchev–Trinajstić information content (AvgIpc) is 3.12. The number of nitrogens with zero attached hydrogens (tertiary/aromatic N) is 3. The van der Waals surface area contributed by atoms with Crippen LogP contribution in [0.5, 0.6) is 0 Å². The van der Waals surface area contributed by atoms with Crippen LogP contribution in [-0.2, 0) is 16.4 Å². The van der Waals surface area contributed by atoms with E-state index in [1.54, 1.807) is 35.5 Å². The molecule has 0 saturated carbocycles. The number of aromatic nitrogens is 1. The first-order chi connectivity index (χ1) is 13.3. The maximum atomic E-state index is 13.2. The number of hydrogen-bond donors (Lipinski definition) is 0. The first-order valence-corrected chi connectivity index (χ1v) is 11.7. The standard InChI is InChI=1S/C19H18BrN3O3S2/c1-22(2)28(25,26)13-5-6-16-12(8-13)4-3-7-23(16)19(24)17-9-14-15(20)10-21-11-18(14)27-17/h5-6,8-11H,3-4,7H2,1-2H3. The van der Waals surface area contributed by atoms with Crippen molar-refractivity contribution in [3.05, 3.63) is 51.6 Å². The number of sulfonamides is 1. The Hall–Kier alpha value is -1.81. The van der Waals surface area contributed by atoms with Gasteiger partial charge in [-0.15, -0.1) is 11.3 Å². The van der Waals surface area contributed by atoms with Gasteiger partial charge in [0.15, 0.2) is 0 Å². The van der Waals surface area contributed by atoms with Crippen LogP contribution < -0.4 is 4.90 Å². The van der Waals surface area contributed by atoms with Crippen LogP contribution >= 0.6 is 27.3 Å². The zero-order valence-corrected chi connectivity index (χ0v) is 18.6. The molecule has 1 aromatic carbocycles. The van der Waals surface area contributed by atoms with E-state index < -0.39 is 10.0 Å². The molecule has 28 heavy (non-hydrogen) atoms. The van der Waals surface area contributed by atoms with Gasteiger partial charge >= 0.3 is 0 Å². The fourth-order valence-corrected chi connectivity index (χ4v) is 5.86. The Labute approximate surface area is 176 Å². The monoisotopic (exact) mass is 479 g/mol. The minimum Gasteiger partial charge on any atom is -0.307 e. The lowest BCUT2D eigenvalue weighted by Crippen LogP contribution is -2.35. The summed E-state index contributed by atoms with van der Waals surface area (Å²) in [5, 5.41) is 0.966. The molecule has 9 heteroatoms. The molecule has 3 heterocycles. The van der Waals surface area contributed by atoms with E-state index in [1.165, 1.54) is 29.7 Å². The third-order valence-electron chi connectivity index (χ3n) is 4.80. The van der Waals surface area contributed by atoms with Crippen molar-refractivity contribution in [2.75, 3.05) is 25.5 Å². The molecule has 4 rings (SSSR count). The molecule has 0 aliphatic carbocycles. The van der Waals surface area contributed by atoms with Crippen molar-refractivity contribution in [3.63, 3.8) is 0 Å². The van der Waals surface area contributed by atoms with Gasteiger partial charge in [-0.3, -0.25) is 9.78 Å². The van der Waals surface area contributed by atoms with Crippen molar-refractivity contribution in [1.29, 1.82) is 0 Å². The normalized spacial score (nSPS) is 14.5. The van der Waals surface area contributed by atoms with E-state index in [2.05, 4.69) is 20.9 Å². The molecule has 0 bridgehead atoms. The molecule has 1 aliphatic heterocycles. The van der Waals surface area contributed by atoms with Crippen molar-refractivity contribution in [2.24, 2.45) is 0 Å². The predicted octanol–water partition coefficient (Wildman–Crippen LogP) is 3.90. The van der Waals surface area contributed by atoms with Crippen LogP contribution in [-0.4, -0.2) is 44.3 Å². The van der Waals surface area contributed by atoms with Gasteiger partial charge in [0.25, 0.3) is 5.91 Å².